The maximum absolute atomic E-state index is 4.62. The topological polar surface area (TPSA) is 28.2 Å². The van der Waals surface area contributed by atoms with Gasteiger partial charge in [0.15, 0.2) is 0 Å². The highest BCUT2D eigenvalue weighted by Crippen LogP contribution is 2.49. The van der Waals surface area contributed by atoms with Crippen molar-refractivity contribution < 1.29 is 0 Å². The van der Waals surface area contributed by atoms with Gasteiger partial charge in [-0.2, -0.15) is 0 Å². The first kappa shape index (κ1) is 12.9. The Labute approximate surface area is 116 Å². The molecule has 3 nitrogen and oxygen atoms in total. The normalized spacial score (nSPS) is 22.2. The second-order valence-electron chi connectivity index (χ2n) is 7.40. The van der Waals surface area contributed by atoms with Crippen LogP contribution in [0.15, 0.2) is 18.3 Å². The molecule has 0 unspecified atom stereocenters. The molecule has 0 radical (unpaired) electrons. The molecule has 0 aromatic carbocycles. The third-order valence-corrected chi connectivity index (χ3v) is 4.70. The third kappa shape index (κ3) is 2.25. The molecule has 0 amide bonds. The lowest BCUT2D eigenvalue weighted by molar-refractivity contribution is 0.0521. The van der Waals surface area contributed by atoms with Crippen molar-refractivity contribution in [3.63, 3.8) is 0 Å². The first-order valence-electron chi connectivity index (χ1n) is 7.31. The van der Waals surface area contributed by atoms with Gasteiger partial charge in [0.05, 0.1) is 11.9 Å². The van der Waals surface area contributed by atoms with Crippen molar-refractivity contribution in [2.24, 2.45) is 5.41 Å². The van der Waals surface area contributed by atoms with E-state index in [1.807, 2.05) is 6.20 Å². The number of nitrogens with zero attached hydrogens (tertiary/aromatic N) is 2. The van der Waals surface area contributed by atoms with E-state index in [2.05, 4.69) is 55.2 Å². The summed E-state index contributed by atoms with van der Waals surface area (Å²) in [6, 6.07) is 5.16. The van der Waals surface area contributed by atoms with Crippen molar-refractivity contribution in [1.29, 1.82) is 0 Å². The summed E-state index contributed by atoms with van der Waals surface area (Å²) < 4.78 is 0. The molecule has 3 heteroatoms. The number of rotatable bonds is 2. The molecule has 0 bridgehead atoms. The minimum Gasteiger partial charge on any atom is -0.369 e. The Kier molecular flexibility index (Phi) is 2.86. The smallest absolute Gasteiger partial charge is 0.0553 e. The van der Waals surface area contributed by atoms with Gasteiger partial charge in [-0.25, -0.2) is 0 Å². The Morgan fingerprint density at radius 2 is 1.95 bits per heavy atom. The highest BCUT2D eigenvalue weighted by molar-refractivity contribution is 5.49. The van der Waals surface area contributed by atoms with Crippen LogP contribution in [0.2, 0.25) is 0 Å². The summed E-state index contributed by atoms with van der Waals surface area (Å²) in [7, 11) is 2.07. The fourth-order valence-corrected chi connectivity index (χ4v) is 3.41. The number of hydrogen-bond acceptors (Lipinski definition) is 3. The van der Waals surface area contributed by atoms with Gasteiger partial charge < -0.3 is 10.2 Å². The minimum absolute atomic E-state index is 0.142. The average Bonchev–Trinajstić information content (AvgIpc) is 2.25. The molecule has 104 valence electrons. The quantitative estimate of drug-likeness (QED) is 0.885. The Morgan fingerprint density at radius 3 is 2.42 bits per heavy atom. The van der Waals surface area contributed by atoms with Crippen LogP contribution in [-0.4, -0.2) is 31.2 Å². The summed E-state index contributed by atoms with van der Waals surface area (Å²) in [5, 5.41) is 3.37. The predicted octanol–water partition coefficient (Wildman–Crippen LogP) is 2.57. The molecule has 1 spiro atoms. The molecule has 2 aliphatic rings. The number of aromatic nitrogens is 1. The van der Waals surface area contributed by atoms with Gasteiger partial charge in [-0.05, 0) is 32.0 Å². The van der Waals surface area contributed by atoms with E-state index in [0.29, 0.717) is 5.41 Å². The number of hydrogen-bond donors (Lipinski definition) is 1. The van der Waals surface area contributed by atoms with Crippen LogP contribution in [0.1, 0.15) is 39.3 Å². The lowest BCUT2D eigenvalue weighted by Crippen LogP contribution is -2.66. The van der Waals surface area contributed by atoms with Crippen LogP contribution >= 0.6 is 0 Å². The number of pyridine rings is 1. The molecule has 1 N–H and O–H groups in total. The zero-order valence-electron chi connectivity index (χ0n) is 12.5. The highest BCUT2D eigenvalue weighted by atomic mass is 15.2. The van der Waals surface area contributed by atoms with Crippen LogP contribution in [0.3, 0.4) is 0 Å². The van der Waals surface area contributed by atoms with E-state index in [-0.39, 0.29) is 5.41 Å². The van der Waals surface area contributed by atoms with Gasteiger partial charge in [0.2, 0.25) is 0 Å². The maximum atomic E-state index is 4.62. The van der Waals surface area contributed by atoms with E-state index in [4.69, 9.17) is 0 Å². The summed E-state index contributed by atoms with van der Waals surface area (Å²) in [5.41, 5.74) is 3.20. The molecule has 1 aromatic heterocycles. The maximum Gasteiger partial charge on any atom is 0.0553 e. The second-order valence-corrected chi connectivity index (χ2v) is 7.40. The lowest BCUT2D eigenvalue weighted by Gasteiger charge is -2.59. The molecule has 1 aromatic rings. The highest BCUT2D eigenvalue weighted by Gasteiger charge is 2.51. The van der Waals surface area contributed by atoms with Gasteiger partial charge in [-0.3, -0.25) is 4.98 Å². The molecular weight excluding hydrogens is 234 g/mol. The number of anilines is 1. The zero-order valence-corrected chi connectivity index (χ0v) is 12.5. The van der Waals surface area contributed by atoms with Crippen molar-refractivity contribution in [2.45, 2.75) is 45.1 Å². The molecule has 1 saturated carbocycles. The van der Waals surface area contributed by atoms with Gasteiger partial charge in [-0.1, -0.05) is 20.8 Å². The summed E-state index contributed by atoms with van der Waals surface area (Å²) in [4.78, 5) is 7.09. The lowest BCUT2D eigenvalue weighted by atomic mass is 9.60. The molecule has 2 heterocycles. The van der Waals surface area contributed by atoms with Crippen molar-refractivity contribution in [3.05, 3.63) is 24.0 Å². The van der Waals surface area contributed by atoms with Gasteiger partial charge in [0.25, 0.3) is 0 Å². The molecule has 1 aliphatic carbocycles. The van der Waals surface area contributed by atoms with E-state index in [9.17, 15) is 0 Å². The standard InChI is InChI=1S/C16H25N3/c1-15(2,3)14-6-5-13(9-18-14)19-10-16(11-19)7-12(8-16)17-4/h5-6,9,12,17H,7-8,10-11H2,1-4H3. The molecule has 1 aliphatic heterocycles. The van der Waals surface area contributed by atoms with E-state index in [1.54, 1.807) is 0 Å². The van der Waals surface area contributed by atoms with Crippen molar-refractivity contribution in [2.75, 3.05) is 25.0 Å². The van der Waals surface area contributed by atoms with E-state index >= 15 is 0 Å². The summed E-state index contributed by atoms with van der Waals surface area (Å²) in [5.74, 6) is 0. The van der Waals surface area contributed by atoms with Gasteiger partial charge in [-0.15, -0.1) is 0 Å². The molecule has 3 rings (SSSR count). The van der Waals surface area contributed by atoms with Crippen LogP contribution in [-0.2, 0) is 5.41 Å². The summed E-state index contributed by atoms with van der Waals surface area (Å²) in [6.07, 6.45) is 4.72. The monoisotopic (exact) mass is 259 g/mol. The van der Waals surface area contributed by atoms with Gasteiger partial charge >= 0.3 is 0 Å². The molecule has 1 saturated heterocycles. The zero-order chi connectivity index (χ0) is 13.7. The third-order valence-electron chi connectivity index (χ3n) is 4.70. The Balaban J connectivity index is 1.61. The van der Waals surface area contributed by atoms with Crippen molar-refractivity contribution in [1.82, 2.24) is 10.3 Å². The Morgan fingerprint density at radius 1 is 1.26 bits per heavy atom. The first-order chi connectivity index (χ1) is 8.92. The predicted molar refractivity (Wildman–Crippen MR) is 79.7 cm³/mol. The average molecular weight is 259 g/mol. The number of nitrogens with one attached hydrogen (secondary N) is 1. The summed E-state index contributed by atoms with van der Waals surface area (Å²) in [6.45, 7) is 9.04. The van der Waals surface area contributed by atoms with Gasteiger partial charge in [0.1, 0.15) is 0 Å². The van der Waals surface area contributed by atoms with Crippen LogP contribution in [0, 0.1) is 5.41 Å². The molecular formula is C16H25N3. The van der Waals surface area contributed by atoms with Crippen LogP contribution in [0.25, 0.3) is 0 Å². The largest absolute Gasteiger partial charge is 0.369 e. The molecule has 19 heavy (non-hydrogen) atoms. The Bertz CT molecular complexity index is 444. The van der Waals surface area contributed by atoms with E-state index < -0.39 is 0 Å². The second kappa shape index (κ2) is 4.20. The molecule has 0 atom stereocenters. The van der Waals surface area contributed by atoms with Crippen molar-refractivity contribution in [3.8, 4) is 0 Å². The fourth-order valence-electron chi connectivity index (χ4n) is 3.41. The van der Waals surface area contributed by atoms with Crippen LogP contribution in [0.5, 0.6) is 0 Å². The summed E-state index contributed by atoms with van der Waals surface area (Å²) >= 11 is 0. The van der Waals surface area contributed by atoms with E-state index in [0.717, 1.165) is 6.04 Å². The first-order valence-corrected chi connectivity index (χ1v) is 7.31. The van der Waals surface area contributed by atoms with E-state index in [1.165, 1.54) is 37.3 Å². The van der Waals surface area contributed by atoms with Crippen LogP contribution < -0.4 is 10.2 Å². The van der Waals surface area contributed by atoms with Crippen molar-refractivity contribution >= 4 is 5.69 Å². The minimum atomic E-state index is 0.142. The fraction of sp³-hybridized carbons (Fsp3) is 0.688. The SMILES string of the molecule is CNC1CC2(C1)CN(c1ccc(C(C)(C)C)nc1)C2. The van der Waals surface area contributed by atoms with Gasteiger partial charge in [0, 0.05) is 35.7 Å². The molecule has 2 fully saturated rings. The van der Waals surface area contributed by atoms with Crippen LogP contribution in [0.4, 0.5) is 5.69 Å². The Hall–Kier alpha value is -1.09.